The molecular formula is C10H10BrCl2NS. The van der Waals surface area contributed by atoms with Crippen molar-refractivity contribution in [3.05, 3.63) is 26.7 Å². The molecule has 0 aliphatic carbocycles. The Kier molecular flexibility index (Phi) is 4.10. The van der Waals surface area contributed by atoms with Crippen LogP contribution in [-0.4, -0.2) is 17.5 Å². The molecule has 0 amide bonds. The second-order valence-electron chi connectivity index (χ2n) is 3.45. The molecule has 1 atom stereocenters. The highest BCUT2D eigenvalue weighted by Gasteiger charge is 2.17. The first-order valence-corrected chi connectivity index (χ1v) is 7.36. The van der Waals surface area contributed by atoms with Crippen molar-refractivity contribution in [1.29, 1.82) is 0 Å². The highest BCUT2D eigenvalue weighted by atomic mass is 79.9. The Bertz CT molecular complexity index is 343. The summed E-state index contributed by atoms with van der Waals surface area (Å²) in [4.78, 5) is 0. The topological polar surface area (TPSA) is 12.0 Å². The Morgan fingerprint density at radius 2 is 2.00 bits per heavy atom. The molecule has 0 bridgehead atoms. The maximum Gasteiger partial charge on any atom is 0.0722 e. The van der Waals surface area contributed by atoms with Gasteiger partial charge in [-0.3, -0.25) is 0 Å². The monoisotopic (exact) mass is 325 g/mol. The van der Waals surface area contributed by atoms with Gasteiger partial charge in [-0.2, -0.15) is 11.8 Å². The molecule has 0 aromatic heterocycles. The first-order chi connectivity index (χ1) is 7.16. The number of benzene rings is 1. The van der Waals surface area contributed by atoms with Crippen LogP contribution in [0.25, 0.3) is 0 Å². The van der Waals surface area contributed by atoms with Gasteiger partial charge in [-0.05, 0) is 24.3 Å². The van der Waals surface area contributed by atoms with Gasteiger partial charge in [0, 0.05) is 16.3 Å². The summed E-state index contributed by atoms with van der Waals surface area (Å²) in [7, 11) is 0. The molecule has 82 valence electrons. The van der Waals surface area contributed by atoms with E-state index in [2.05, 4.69) is 21.2 Å². The molecule has 0 saturated carbocycles. The van der Waals surface area contributed by atoms with Crippen molar-refractivity contribution in [3.8, 4) is 0 Å². The number of nitrogens with one attached hydrogen (secondary N) is 1. The minimum absolute atomic E-state index is 0.492. The fourth-order valence-electron chi connectivity index (χ4n) is 1.53. The fourth-order valence-corrected chi connectivity index (χ4v) is 4.00. The van der Waals surface area contributed by atoms with Crippen molar-refractivity contribution in [2.75, 3.05) is 16.8 Å². The number of halogens is 3. The van der Waals surface area contributed by atoms with Crippen molar-refractivity contribution in [3.63, 3.8) is 0 Å². The molecule has 2 rings (SSSR count). The second kappa shape index (κ2) is 5.17. The van der Waals surface area contributed by atoms with Crippen LogP contribution >= 0.6 is 50.9 Å². The zero-order valence-corrected chi connectivity index (χ0v) is 11.8. The number of rotatable bonds is 2. The van der Waals surface area contributed by atoms with E-state index in [0.29, 0.717) is 16.1 Å². The van der Waals surface area contributed by atoms with Crippen LogP contribution in [0.1, 0.15) is 6.42 Å². The molecular weight excluding hydrogens is 317 g/mol. The number of thioether (sulfide) groups is 1. The molecule has 15 heavy (non-hydrogen) atoms. The van der Waals surface area contributed by atoms with Crippen molar-refractivity contribution in [2.24, 2.45) is 0 Å². The lowest BCUT2D eigenvalue weighted by Gasteiger charge is -2.15. The molecule has 1 aliphatic heterocycles. The van der Waals surface area contributed by atoms with E-state index in [1.54, 1.807) is 0 Å². The van der Waals surface area contributed by atoms with Crippen LogP contribution in [0.2, 0.25) is 10.0 Å². The molecule has 0 spiro atoms. The van der Waals surface area contributed by atoms with E-state index in [-0.39, 0.29) is 0 Å². The smallest absolute Gasteiger partial charge is 0.0722 e. The van der Waals surface area contributed by atoms with Crippen LogP contribution in [0.5, 0.6) is 0 Å². The molecule has 0 radical (unpaired) electrons. The van der Waals surface area contributed by atoms with E-state index in [0.717, 1.165) is 15.9 Å². The van der Waals surface area contributed by atoms with Gasteiger partial charge in [0.1, 0.15) is 0 Å². The van der Waals surface area contributed by atoms with E-state index in [4.69, 9.17) is 23.2 Å². The van der Waals surface area contributed by atoms with Crippen LogP contribution < -0.4 is 5.32 Å². The fraction of sp³-hybridized carbons (Fsp3) is 0.400. The SMILES string of the molecule is Clc1cc(Br)cc(Cl)c1NC1CCSC1. The third-order valence-electron chi connectivity index (χ3n) is 2.29. The molecule has 1 aromatic carbocycles. The van der Waals surface area contributed by atoms with Gasteiger partial charge >= 0.3 is 0 Å². The maximum atomic E-state index is 6.13. The predicted molar refractivity (Wildman–Crippen MR) is 73.5 cm³/mol. The quantitative estimate of drug-likeness (QED) is 0.847. The van der Waals surface area contributed by atoms with Crippen LogP contribution in [0.15, 0.2) is 16.6 Å². The summed E-state index contributed by atoms with van der Waals surface area (Å²) in [5.41, 5.74) is 0.856. The largest absolute Gasteiger partial charge is 0.379 e. The van der Waals surface area contributed by atoms with Gasteiger partial charge in [0.05, 0.1) is 15.7 Å². The molecule has 1 aliphatic rings. The lowest BCUT2D eigenvalue weighted by atomic mass is 10.2. The Morgan fingerprint density at radius 1 is 1.33 bits per heavy atom. The summed E-state index contributed by atoms with van der Waals surface area (Å²) in [6, 6.07) is 4.21. The minimum atomic E-state index is 0.492. The zero-order chi connectivity index (χ0) is 10.8. The second-order valence-corrected chi connectivity index (χ2v) is 6.33. The van der Waals surface area contributed by atoms with Gasteiger partial charge in [-0.15, -0.1) is 0 Å². The highest BCUT2D eigenvalue weighted by Crippen LogP contribution is 2.35. The van der Waals surface area contributed by atoms with Crippen molar-refractivity contribution in [2.45, 2.75) is 12.5 Å². The average molecular weight is 327 g/mol. The molecule has 1 fully saturated rings. The van der Waals surface area contributed by atoms with E-state index < -0.39 is 0 Å². The Morgan fingerprint density at radius 3 is 2.53 bits per heavy atom. The van der Waals surface area contributed by atoms with E-state index >= 15 is 0 Å². The van der Waals surface area contributed by atoms with E-state index in [1.165, 1.54) is 12.2 Å². The number of anilines is 1. The van der Waals surface area contributed by atoms with Crippen molar-refractivity contribution < 1.29 is 0 Å². The molecule has 1 heterocycles. The summed E-state index contributed by atoms with van der Waals surface area (Å²) in [5, 5.41) is 4.74. The lowest BCUT2D eigenvalue weighted by Crippen LogP contribution is -2.18. The van der Waals surface area contributed by atoms with Gasteiger partial charge in [-0.1, -0.05) is 39.1 Å². The zero-order valence-electron chi connectivity index (χ0n) is 7.90. The summed E-state index contributed by atoms with van der Waals surface area (Å²) < 4.78 is 0.906. The summed E-state index contributed by atoms with van der Waals surface area (Å²) in [5.74, 6) is 2.34. The lowest BCUT2D eigenvalue weighted by molar-refractivity contribution is 0.813. The molecule has 1 aromatic rings. The summed E-state index contributed by atoms with van der Waals surface area (Å²) >= 11 is 17.6. The standard InChI is InChI=1S/C10H10BrCl2NS/c11-6-3-8(12)10(9(13)4-6)14-7-1-2-15-5-7/h3-4,7,14H,1-2,5H2. The van der Waals surface area contributed by atoms with Crippen LogP contribution in [0.4, 0.5) is 5.69 Å². The minimum Gasteiger partial charge on any atom is -0.379 e. The molecule has 1 unspecified atom stereocenters. The third kappa shape index (κ3) is 2.96. The highest BCUT2D eigenvalue weighted by molar-refractivity contribution is 9.10. The van der Waals surface area contributed by atoms with Crippen LogP contribution in [0, 0.1) is 0 Å². The van der Waals surface area contributed by atoms with Gasteiger partial charge in [0.2, 0.25) is 0 Å². The van der Waals surface area contributed by atoms with E-state index in [9.17, 15) is 0 Å². The van der Waals surface area contributed by atoms with Gasteiger partial charge < -0.3 is 5.32 Å². The Balaban J connectivity index is 2.19. The summed E-state index contributed by atoms with van der Waals surface area (Å²) in [6.07, 6.45) is 1.17. The first kappa shape index (κ1) is 11.9. The van der Waals surface area contributed by atoms with E-state index in [1.807, 2.05) is 23.9 Å². The van der Waals surface area contributed by atoms with Gasteiger partial charge in [-0.25, -0.2) is 0 Å². The van der Waals surface area contributed by atoms with Crippen molar-refractivity contribution >= 4 is 56.6 Å². The average Bonchev–Trinajstić information content (AvgIpc) is 2.63. The molecule has 5 heteroatoms. The normalized spacial score (nSPS) is 20.6. The van der Waals surface area contributed by atoms with Crippen LogP contribution in [0.3, 0.4) is 0 Å². The maximum absolute atomic E-state index is 6.13. The molecule has 1 saturated heterocycles. The predicted octanol–water partition coefficient (Wildman–Crippen LogP) is 4.67. The number of hydrogen-bond donors (Lipinski definition) is 1. The summed E-state index contributed by atoms with van der Waals surface area (Å²) in [6.45, 7) is 0. The van der Waals surface area contributed by atoms with Gasteiger partial charge in [0.25, 0.3) is 0 Å². The Labute approximate surface area is 112 Å². The van der Waals surface area contributed by atoms with Gasteiger partial charge in [0.15, 0.2) is 0 Å². The van der Waals surface area contributed by atoms with Crippen molar-refractivity contribution in [1.82, 2.24) is 0 Å². The third-order valence-corrected chi connectivity index (χ3v) is 4.50. The number of hydrogen-bond acceptors (Lipinski definition) is 2. The first-order valence-electron chi connectivity index (χ1n) is 4.65. The Hall–Kier alpha value is 0.430. The molecule has 1 N–H and O–H groups in total. The van der Waals surface area contributed by atoms with Crippen LogP contribution in [-0.2, 0) is 0 Å². The molecule has 1 nitrogen and oxygen atoms in total.